The third-order valence-electron chi connectivity index (χ3n) is 5.82. The minimum absolute atomic E-state index is 0.0458. The Morgan fingerprint density at radius 2 is 1.74 bits per heavy atom. The first-order chi connectivity index (χ1) is 15.0. The van der Waals surface area contributed by atoms with Gasteiger partial charge in [-0.15, -0.1) is 0 Å². The maximum atomic E-state index is 12.9. The molecule has 1 fully saturated rings. The van der Waals surface area contributed by atoms with Crippen LogP contribution in [0.1, 0.15) is 31.2 Å². The number of carbonyl (C=O) groups is 1. The highest BCUT2D eigenvalue weighted by Gasteiger charge is 2.26. The number of aryl methyl sites for hydroxylation is 1. The van der Waals surface area contributed by atoms with Crippen LogP contribution in [0, 0.1) is 0 Å². The van der Waals surface area contributed by atoms with Gasteiger partial charge < -0.3 is 9.88 Å². The Balaban J connectivity index is 1.36. The van der Waals surface area contributed by atoms with Gasteiger partial charge in [0.1, 0.15) is 6.54 Å². The molecule has 2 heterocycles. The van der Waals surface area contributed by atoms with E-state index in [-0.39, 0.29) is 12.5 Å². The molecule has 1 aliphatic rings. The highest BCUT2D eigenvalue weighted by molar-refractivity contribution is 7.89. The van der Waals surface area contributed by atoms with Crippen molar-refractivity contribution in [1.29, 1.82) is 0 Å². The quantitative estimate of drug-likeness (QED) is 0.546. The number of carbonyl (C=O) groups excluding carboxylic acids is 1. The van der Waals surface area contributed by atoms with Crippen LogP contribution in [-0.4, -0.2) is 42.8 Å². The molecule has 7 heteroatoms. The van der Waals surface area contributed by atoms with E-state index in [1.165, 1.54) is 5.56 Å². The number of nitrogens with zero attached hydrogens (tertiary/aromatic N) is 2. The van der Waals surface area contributed by atoms with Crippen molar-refractivity contribution in [2.75, 3.05) is 19.6 Å². The number of sulfonamides is 1. The van der Waals surface area contributed by atoms with E-state index in [9.17, 15) is 13.2 Å². The Hall–Kier alpha value is -2.64. The fourth-order valence-corrected chi connectivity index (χ4v) is 5.66. The molecule has 0 atom stereocenters. The molecule has 0 bridgehead atoms. The largest absolute Gasteiger partial charge is 0.355 e. The van der Waals surface area contributed by atoms with Crippen LogP contribution < -0.4 is 5.32 Å². The fraction of sp³-hybridized carbons (Fsp3) is 0.375. The van der Waals surface area contributed by atoms with Gasteiger partial charge in [-0.1, -0.05) is 36.8 Å². The van der Waals surface area contributed by atoms with Crippen LogP contribution in [0.4, 0.5) is 0 Å². The van der Waals surface area contributed by atoms with Crippen LogP contribution in [0.3, 0.4) is 0 Å². The summed E-state index contributed by atoms with van der Waals surface area (Å²) in [6, 6.07) is 17.3. The van der Waals surface area contributed by atoms with Gasteiger partial charge in [0.2, 0.25) is 15.9 Å². The summed E-state index contributed by atoms with van der Waals surface area (Å²) in [6.07, 6.45) is 6.58. The van der Waals surface area contributed by atoms with E-state index in [4.69, 9.17) is 0 Å². The number of fused-ring (bicyclic) bond motifs is 1. The van der Waals surface area contributed by atoms with Crippen molar-refractivity contribution in [3.05, 3.63) is 66.4 Å². The average molecular weight is 440 g/mol. The molecule has 1 N–H and O–H groups in total. The van der Waals surface area contributed by atoms with Gasteiger partial charge in [0.25, 0.3) is 0 Å². The second-order valence-electron chi connectivity index (χ2n) is 8.07. The molecule has 0 spiro atoms. The van der Waals surface area contributed by atoms with Crippen molar-refractivity contribution in [3.63, 3.8) is 0 Å². The van der Waals surface area contributed by atoms with E-state index >= 15 is 0 Å². The number of hydrogen-bond donors (Lipinski definition) is 1. The lowest BCUT2D eigenvalue weighted by Gasteiger charge is -2.25. The molecule has 2 aromatic carbocycles. The van der Waals surface area contributed by atoms with Crippen LogP contribution >= 0.6 is 0 Å². The van der Waals surface area contributed by atoms with Crippen LogP contribution in [0.5, 0.6) is 0 Å². The Bertz CT molecular complexity index is 1130. The summed E-state index contributed by atoms with van der Waals surface area (Å²) in [4.78, 5) is 12.7. The zero-order valence-corrected chi connectivity index (χ0v) is 18.5. The molecule has 6 nitrogen and oxygen atoms in total. The normalized spacial score (nSPS) is 15.2. The number of amides is 1. The summed E-state index contributed by atoms with van der Waals surface area (Å²) in [6.45, 7) is 2.02. The predicted molar refractivity (Wildman–Crippen MR) is 122 cm³/mol. The Morgan fingerprint density at radius 1 is 0.968 bits per heavy atom. The van der Waals surface area contributed by atoms with Crippen LogP contribution in [-0.2, 0) is 27.8 Å². The molecule has 1 aromatic heterocycles. The maximum absolute atomic E-state index is 12.9. The van der Waals surface area contributed by atoms with Gasteiger partial charge in [0.05, 0.1) is 4.90 Å². The Labute approximate surface area is 183 Å². The van der Waals surface area contributed by atoms with Gasteiger partial charge >= 0.3 is 0 Å². The Morgan fingerprint density at radius 3 is 2.52 bits per heavy atom. The molecule has 0 unspecified atom stereocenters. The van der Waals surface area contributed by atoms with Crippen LogP contribution in [0.2, 0.25) is 0 Å². The van der Waals surface area contributed by atoms with Crippen molar-refractivity contribution >= 4 is 26.8 Å². The third kappa shape index (κ3) is 5.17. The predicted octanol–water partition coefficient (Wildman–Crippen LogP) is 3.56. The van der Waals surface area contributed by atoms with Gasteiger partial charge in [-0.2, -0.15) is 4.31 Å². The monoisotopic (exact) mass is 439 g/mol. The number of hydrogen-bond acceptors (Lipinski definition) is 3. The summed E-state index contributed by atoms with van der Waals surface area (Å²) < 4.78 is 29.3. The lowest BCUT2D eigenvalue weighted by atomic mass is 10.1. The van der Waals surface area contributed by atoms with Crippen LogP contribution in [0.25, 0.3) is 10.9 Å². The first kappa shape index (κ1) is 21.6. The van der Waals surface area contributed by atoms with Crippen molar-refractivity contribution in [2.24, 2.45) is 0 Å². The number of benzene rings is 2. The first-order valence-corrected chi connectivity index (χ1v) is 12.4. The van der Waals surface area contributed by atoms with Gasteiger partial charge in [-0.05, 0) is 55.5 Å². The van der Waals surface area contributed by atoms with Gasteiger partial charge in [-0.25, -0.2) is 8.42 Å². The summed E-state index contributed by atoms with van der Waals surface area (Å²) >= 11 is 0. The maximum Gasteiger partial charge on any atom is 0.243 e. The van der Waals surface area contributed by atoms with E-state index < -0.39 is 10.0 Å². The second-order valence-corrected chi connectivity index (χ2v) is 10.0. The SMILES string of the molecule is O=C(Cn1ccc2cc(S(=O)(=O)N3CCCCC3)ccc21)NCCCc1ccccc1. The number of aromatic nitrogens is 1. The average Bonchev–Trinajstić information content (AvgIpc) is 3.20. The topological polar surface area (TPSA) is 71.4 Å². The molecule has 4 rings (SSSR count). The van der Waals surface area contributed by atoms with E-state index in [0.717, 1.165) is 43.0 Å². The number of rotatable bonds is 8. The molecule has 31 heavy (non-hydrogen) atoms. The molecule has 1 saturated heterocycles. The third-order valence-corrected chi connectivity index (χ3v) is 7.71. The standard InChI is InChI=1S/C24H29N3O3S/c28-24(25-14-7-10-20-8-3-1-4-9-20)19-26-17-13-21-18-22(11-12-23(21)26)31(29,30)27-15-5-2-6-16-27/h1,3-4,8-9,11-13,17-18H,2,5-7,10,14-16,19H2,(H,25,28). The van der Waals surface area contributed by atoms with Crippen molar-refractivity contribution in [2.45, 2.75) is 43.5 Å². The van der Waals surface area contributed by atoms with E-state index in [1.807, 2.05) is 35.0 Å². The zero-order chi connectivity index (χ0) is 21.7. The highest BCUT2D eigenvalue weighted by atomic mass is 32.2. The molecular formula is C24H29N3O3S. The molecule has 3 aromatic rings. The lowest BCUT2D eigenvalue weighted by molar-refractivity contribution is -0.121. The minimum atomic E-state index is -3.46. The minimum Gasteiger partial charge on any atom is -0.355 e. The Kier molecular flexibility index (Phi) is 6.73. The van der Waals surface area contributed by atoms with E-state index in [2.05, 4.69) is 17.4 Å². The fourth-order valence-electron chi connectivity index (χ4n) is 4.11. The van der Waals surface area contributed by atoms with Gasteiger partial charge in [0.15, 0.2) is 0 Å². The molecular weight excluding hydrogens is 410 g/mol. The number of piperidine rings is 1. The molecule has 164 valence electrons. The first-order valence-electron chi connectivity index (χ1n) is 10.9. The zero-order valence-electron chi connectivity index (χ0n) is 17.7. The van der Waals surface area contributed by atoms with Crippen LogP contribution in [0.15, 0.2) is 65.7 Å². The van der Waals surface area contributed by atoms with Crippen molar-refractivity contribution in [1.82, 2.24) is 14.2 Å². The summed E-state index contributed by atoms with van der Waals surface area (Å²) in [5.41, 5.74) is 2.13. The number of nitrogens with one attached hydrogen (secondary N) is 1. The molecule has 0 radical (unpaired) electrons. The van der Waals surface area contributed by atoms with Crippen molar-refractivity contribution in [3.8, 4) is 0 Å². The summed E-state index contributed by atoms with van der Waals surface area (Å²) in [7, 11) is -3.46. The molecule has 1 aliphatic heterocycles. The summed E-state index contributed by atoms with van der Waals surface area (Å²) in [5, 5.41) is 3.80. The molecule has 1 amide bonds. The highest BCUT2D eigenvalue weighted by Crippen LogP contribution is 2.25. The molecule has 0 saturated carbocycles. The van der Waals surface area contributed by atoms with E-state index in [0.29, 0.717) is 24.5 Å². The van der Waals surface area contributed by atoms with Gasteiger partial charge in [0, 0.05) is 36.7 Å². The molecule has 0 aliphatic carbocycles. The van der Waals surface area contributed by atoms with Crippen molar-refractivity contribution < 1.29 is 13.2 Å². The van der Waals surface area contributed by atoms with Gasteiger partial charge in [-0.3, -0.25) is 4.79 Å². The van der Waals surface area contributed by atoms with E-state index in [1.54, 1.807) is 22.5 Å². The second kappa shape index (κ2) is 9.66. The summed E-state index contributed by atoms with van der Waals surface area (Å²) in [5.74, 6) is -0.0458. The smallest absolute Gasteiger partial charge is 0.243 e. The lowest BCUT2D eigenvalue weighted by Crippen LogP contribution is -2.35.